The van der Waals surface area contributed by atoms with E-state index in [1.165, 1.54) is 11.3 Å². The molecule has 0 atom stereocenters. The second-order valence-corrected chi connectivity index (χ2v) is 5.48. The number of carboxylic acids is 1. The summed E-state index contributed by atoms with van der Waals surface area (Å²) in [5, 5.41) is 9.48. The van der Waals surface area contributed by atoms with Gasteiger partial charge in [0.05, 0.1) is 13.0 Å². The van der Waals surface area contributed by atoms with Crippen molar-refractivity contribution in [1.29, 1.82) is 0 Å². The number of nitrogens with zero attached hydrogens (tertiary/aromatic N) is 1. The first-order valence-corrected chi connectivity index (χ1v) is 7.50. The van der Waals surface area contributed by atoms with Crippen LogP contribution >= 0.6 is 11.3 Å². The molecule has 0 saturated carbocycles. The summed E-state index contributed by atoms with van der Waals surface area (Å²) >= 11 is 1.47. The van der Waals surface area contributed by atoms with Gasteiger partial charge in [-0.05, 0) is 25.5 Å². The summed E-state index contributed by atoms with van der Waals surface area (Å²) in [6.07, 6.45) is 2.33. The highest BCUT2D eigenvalue weighted by Crippen LogP contribution is 2.27. The standard InChI is InChI=1S/C15H17NO4S/c1-2-19-12-5-3-4-6-13(12)20-10-14-16-9-11(21-14)7-8-15(17)18/h3-6,9H,2,7-8,10H2,1H3,(H,17,18). The molecule has 0 aliphatic heterocycles. The number of aryl methyl sites for hydroxylation is 1. The number of carboxylic acid groups (broad SMARTS) is 1. The third-order valence-electron chi connectivity index (χ3n) is 2.69. The van der Waals surface area contributed by atoms with Crippen LogP contribution in [0.2, 0.25) is 0 Å². The third-order valence-corrected chi connectivity index (χ3v) is 3.72. The maximum absolute atomic E-state index is 10.5. The van der Waals surface area contributed by atoms with Gasteiger partial charge in [-0.1, -0.05) is 12.1 Å². The minimum atomic E-state index is -0.799. The van der Waals surface area contributed by atoms with Gasteiger partial charge >= 0.3 is 5.97 Å². The van der Waals surface area contributed by atoms with E-state index >= 15 is 0 Å². The molecule has 0 aliphatic carbocycles. The number of benzene rings is 1. The quantitative estimate of drug-likeness (QED) is 0.811. The van der Waals surface area contributed by atoms with Crippen LogP contribution in [0, 0.1) is 0 Å². The summed E-state index contributed by atoms with van der Waals surface area (Å²) in [7, 11) is 0. The first-order chi connectivity index (χ1) is 10.2. The number of aliphatic carboxylic acids is 1. The maximum atomic E-state index is 10.5. The molecule has 1 aromatic carbocycles. The van der Waals surface area contributed by atoms with Gasteiger partial charge in [0.2, 0.25) is 0 Å². The van der Waals surface area contributed by atoms with Crippen LogP contribution in [-0.4, -0.2) is 22.7 Å². The van der Waals surface area contributed by atoms with E-state index in [4.69, 9.17) is 14.6 Å². The van der Waals surface area contributed by atoms with Crippen LogP contribution in [0.5, 0.6) is 11.5 Å². The first kappa shape index (κ1) is 15.3. The van der Waals surface area contributed by atoms with E-state index in [2.05, 4.69) is 4.98 Å². The van der Waals surface area contributed by atoms with Crippen molar-refractivity contribution in [3.8, 4) is 11.5 Å². The summed E-state index contributed by atoms with van der Waals surface area (Å²) in [4.78, 5) is 15.7. The average Bonchev–Trinajstić information content (AvgIpc) is 2.92. The molecule has 0 unspecified atom stereocenters. The minimum Gasteiger partial charge on any atom is -0.490 e. The molecule has 0 aliphatic rings. The highest BCUT2D eigenvalue weighted by atomic mass is 32.1. The van der Waals surface area contributed by atoms with Crippen LogP contribution in [0.1, 0.15) is 23.2 Å². The molecule has 0 fully saturated rings. The SMILES string of the molecule is CCOc1ccccc1OCc1ncc(CCC(=O)O)s1. The Hall–Kier alpha value is -2.08. The maximum Gasteiger partial charge on any atom is 0.303 e. The zero-order valence-electron chi connectivity index (χ0n) is 11.7. The van der Waals surface area contributed by atoms with E-state index in [1.54, 1.807) is 6.20 Å². The number of para-hydroxylation sites is 2. The number of hydrogen-bond donors (Lipinski definition) is 1. The Morgan fingerprint density at radius 3 is 2.67 bits per heavy atom. The molecule has 1 N–H and O–H groups in total. The Morgan fingerprint density at radius 2 is 2.00 bits per heavy atom. The Balaban J connectivity index is 1.92. The fraction of sp³-hybridized carbons (Fsp3) is 0.333. The molecule has 0 amide bonds. The fourth-order valence-electron chi connectivity index (χ4n) is 1.74. The van der Waals surface area contributed by atoms with Crippen molar-refractivity contribution in [1.82, 2.24) is 4.98 Å². The molecule has 0 bridgehead atoms. The van der Waals surface area contributed by atoms with E-state index in [0.717, 1.165) is 9.88 Å². The summed E-state index contributed by atoms with van der Waals surface area (Å²) in [6, 6.07) is 7.49. The monoisotopic (exact) mass is 307 g/mol. The molecule has 0 saturated heterocycles. The summed E-state index contributed by atoms with van der Waals surface area (Å²) in [5.41, 5.74) is 0. The molecule has 2 aromatic rings. The van der Waals surface area contributed by atoms with E-state index in [0.29, 0.717) is 31.1 Å². The Morgan fingerprint density at radius 1 is 1.29 bits per heavy atom. The Kier molecular flexibility index (Phi) is 5.57. The molecule has 1 heterocycles. The lowest BCUT2D eigenvalue weighted by Gasteiger charge is -2.10. The molecule has 0 radical (unpaired) electrons. The number of thiazole rings is 1. The van der Waals surface area contributed by atoms with Gasteiger partial charge in [0.15, 0.2) is 11.5 Å². The first-order valence-electron chi connectivity index (χ1n) is 6.69. The second-order valence-electron chi connectivity index (χ2n) is 4.28. The van der Waals surface area contributed by atoms with Crippen molar-refractivity contribution in [2.45, 2.75) is 26.4 Å². The second kappa shape index (κ2) is 7.64. The van der Waals surface area contributed by atoms with Crippen molar-refractivity contribution in [3.63, 3.8) is 0 Å². The highest BCUT2D eigenvalue weighted by molar-refractivity contribution is 7.11. The number of aromatic nitrogens is 1. The van der Waals surface area contributed by atoms with Gasteiger partial charge in [-0.2, -0.15) is 0 Å². The van der Waals surface area contributed by atoms with Crippen molar-refractivity contribution in [2.75, 3.05) is 6.61 Å². The van der Waals surface area contributed by atoms with Crippen LogP contribution in [-0.2, 0) is 17.8 Å². The van der Waals surface area contributed by atoms with Gasteiger partial charge < -0.3 is 14.6 Å². The molecular weight excluding hydrogens is 290 g/mol. The normalized spacial score (nSPS) is 10.3. The molecule has 21 heavy (non-hydrogen) atoms. The van der Waals surface area contributed by atoms with E-state index < -0.39 is 5.97 Å². The topological polar surface area (TPSA) is 68.7 Å². The van der Waals surface area contributed by atoms with Crippen molar-refractivity contribution >= 4 is 17.3 Å². The lowest BCUT2D eigenvalue weighted by Crippen LogP contribution is -1.98. The Bertz CT molecular complexity index is 597. The molecular formula is C15H17NO4S. The van der Waals surface area contributed by atoms with Crippen LogP contribution in [0.4, 0.5) is 0 Å². The van der Waals surface area contributed by atoms with E-state index in [-0.39, 0.29) is 6.42 Å². The zero-order valence-corrected chi connectivity index (χ0v) is 12.6. The predicted octanol–water partition coefficient (Wildman–Crippen LogP) is 3.14. The van der Waals surface area contributed by atoms with Gasteiger partial charge in [-0.15, -0.1) is 11.3 Å². The van der Waals surface area contributed by atoms with Crippen LogP contribution in [0.3, 0.4) is 0 Å². The Labute approximate surface area is 127 Å². The molecule has 5 nitrogen and oxygen atoms in total. The fourth-order valence-corrected chi connectivity index (χ4v) is 2.58. The lowest BCUT2D eigenvalue weighted by molar-refractivity contribution is -0.136. The minimum absolute atomic E-state index is 0.121. The number of ether oxygens (including phenoxy) is 2. The van der Waals surface area contributed by atoms with Gasteiger partial charge in [0, 0.05) is 11.1 Å². The number of carbonyl (C=O) groups is 1. The van der Waals surface area contributed by atoms with Gasteiger partial charge in [0.1, 0.15) is 11.6 Å². The van der Waals surface area contributed by atoms with Crippen molar-refractivity contribution < 1.29 is 19.4 Å². The molecule has 2 rings (SSSR count). The van der Waals surface area contributed by atoms with Gasteiger partial charge in [-0.3, -0.25) is 4.79 Å². The molecule has 6 heteroatoms. The van der Waals surface area contributed by atoms with Gasteiger partial charge in [0.25, 0.3) is 0 Å². The molecule has 112 valence electrons. The molecule has 1 aromatic heterocycles. The predicted molar refractivity (Wildman–Crippen MR) is 80.0 cm³/mol. The summed E-state index contributed by atoms with van der Waals surface area (Å²) in [6.45, 7) is 2.85. The van der Waals surface area contributed by atoms with Crippen molar-refractivity contribution in [2.24, 2.45) is 0 Å². The third kappa shape index (κ3) is 4.75. The summed E-state index contributed by atoms with van der Waals surface area (Å²) < 4.78 is 11.2. The zero-order chi connectivity index (χ0) is 15.1. The van der Waals surface area contributed by atoms with Crippen LogP contribution < -0.4 is 9.47 Å². The van der Waals surface area contributed by atoms with Crippen LogP contribution in [0.15, 0.2) is 30.5 Å². The lowest BCUT2D eigenvalue weighted by atomic mass is 10.3. The van der Waals surface area contributed by atoms with E-state index in [9.17, 15) is 4.79 Å². The van der Waals surface area contributed by atoms with E-state index in [1.807, 2.05) is 31.2 Å². The number of rotatable bonds is 8. The highest BCUT2D eigenvalue weighted by Gasteiger charge is 2.07. The smallest absolute Gasteiger partial charge is 0.303 e. The average molecular weight is 307 g/mol. The van der Waals surface area contributed by atoms with Gasteiger partial charge in [-0.25, -0.2) is 4.98 Å². The molecule has 0 spiro atoms. The van der Waals surface area contributed by atoms with Crippen molar-refractivity contribution in [3.05, 3.63) is 40.3 Å². The number of hydrogen-bond acceptors (Lipinski definition) is 5. The summed E-state index contributed by atoms with van der Waals surface area (Å²) in [5.74, 6) is 0.594. The largest absolute Gasteiger partial charge is 0.490 e. The van der Waals surface area contributed by atoms with Crippen LogP contribution in [0.25, 0.3) is 0 Å².